The van der Waals surface area contributed by atoms with Gasteiger partial charge in [-0.1, -0.05) is 54.1 Å². The third-order valence-corrected chi connectivity index (χ3v) is 4.25. The van der Waals surface area contributed by atoms with Gasteiger partial charge in [-0.15, -0.1) is 0 Å². The van der Waals surface area contributed by atoms with E-state index in [1.165, 1.54) is 4.90 Å². The number of aryl methyl sites for hydroxylation is 1. The molecule has 21 heavy (non-hydrogen) atoms. The van der Waals surface area contributed by atoms with Crippen molar-refractivity contribution in [1.29, 1.82) is 0 Å². The first-order valence-electron chi connectivity index (χ1n) is 6.76. The van der Waals surface area contributed by atoms with Crippen molar-refractivity contribution in [2.24, 2.45) is 0 Å². The average molecular weight is 300 g/mol. The number of anilines is 1. The van der Waals surface area contributed by atoms with E-state index in [9.17, 15) is 9.59 Å². The van der Waals surface area contributed by atoms with Gasteiger partial charge in [0.05, 0.1) is 16.6 Å². The molecule has 0 N–H and O–H groups in total. The van der Waals surface area contributed by atoms with E-state index >= 15 is 0 Å². The van der Waals surface area contributed by atoms with Crippen molar-refractivity contribution in [3.63, 3.8) is 0 Å². The highest BCUT2D eigenvalue weighted by Gasteiger charge is 2.41. The lowest BCUT2D eigenvalue weighted by Gasteiger charge is -2.17. The van der Waals surface area contributed by atoms with Gasteiger partial charge in [0.1, 0.15) is 0 Å². The van der Waals surface area contributed by atoms with Crippen LogP contribution >= 0.6 is 11.6 Å². The third kappa shape index (κ3) is 2.34. The lowest BCUT2D eigenvalue weighted by atomic mass is 9.98. The molecule has 0 bridgehead atoms. The van der Waals surface area contributed by atoms with Crippen LogP contribution in [-0.2, 0) is 9.59 Å². The third-order valence-electron chi connectivity index (χ3n) is 3.76. The molecule has 0 radical (unpaired) electrons. The Kier molecular flexibility index (Phi) is 3.52. The normalized spacial score (nSPS) is 18.4. The summed E-state index contributed by atoms with van der Waals surface area (Å²) in [6.45, 7) is 1.85. The Morgan fingerprint density at radius 2 is 1.76 bits per heavy atom. The largest absolute Gasteiger partial charge is 0.274 e. The zero-order valence-electron chi connectivity index (χ0n) is 11.5. The van der Waals surface area contributed by atoms with E-state index in [0.29, 0.717) is 10.7 Å². The molecule has 1 fully saturated rings. The fourth-order valence-electron chi connectivity index (χ4n) is 2.64. The molecule has 2 aromatic rings. The molecule has 2 amide bonds. The summed E-state index contributed by atoms with van der Waals surface area (Å²) in [6, 6.07) is 14.7. The molecule has 0 aliphatic carbocycles. The highest BCUT2D eigenvalue weighted by molar-refractivity contribution is 6.36. The SMILES string of the molecule is Cc1cccc(N2C(=O)CC(c3ccccc3)C2=O)c1Cl. The number of carbonyl (C=O) groups excluding carboxylic acids is 2. The predicted octanol–water partition coefficient (Wildman–Crippen LogP) is 3.70. The summed E-state index contributed by atoms with van der Waals surface area (Å²) in [5, 5.41) is 0.452. The van der Waals surface area contributed by atoms with E-state index in [1.807, 2.05) is 43.3 Å². The molecule has 4 heteroatoms. The average Bonchev–Trinajstić information content (AvgIpc) is 2.78. The van der Waals surface area contributed by atoms with Gasteiger partial charge in [-0.05, 0) is 24.1 Å². The predicted molar refractivity (Wildman–Crippen MR) is 82.5 cm³/mol. The van der Waals surface area contributed by atoms with Gasteiger partial charge in [-0.25, -0.2) is 4.90 Å². The molecule has 1 unspecified atom stereocenters. The van der Waals surface area contributed by atoms with Crippen LogP contribution in [0.3, 0.4) is 0 Å². The quantitative estimate of drug-likeness (QED) is 0.793. The maximum Gasteiger partial charge on any atom is 0.241 e. The lowest BCUT2D eigenvalue weighted by Crippen LogP contribution is -2.30. The van der Waals surface area contributed by atoms with Gasteiger partial charge in [0.15, 0.2) is 0 Å². The van der Waals surface area contributed by atoms with Crippen molar-refractivity contribution < 1.29 is 9.59 Å². The topological polar surface area (TPSA) is 37.4 Å². The van der Waals surface area contributed by atoms with Crippen molar-refractivity contribution in [2.45, 2.75) is 19.3 Å². The molecule has 0 aromatic heterocycles. The summed E-state index contributed by atoms with van der Waals surface area (Å²) in [4.78, 5) is 26.1. The molecule has 106 valence electrons. The molecule has 1 atom stereocenters. The second-order valence-electron chi connectivity index (χ2n) is 5.14. The number of hydrogen-bond donors (Lipinski definition) is 0. The molecule has 1 aliphatic rings. The van der Waals surface area contributed by atoms with Crippen molar-refractivity contribution in [3.05, 3.63) is 64.7 Å². The van der Waals surface area contributed by atoms with Gasteiger partial charge >= 0.3 is 0 Å². The first kappa shape index (κ1) is 13.8. The van der Waals surface area contributed by atoms with Gasteiger partial charge in [-0.2, -0.15) is 0 Å². The molecule has 0 saturated carbocycles. The summed E-state index contributed by atoms with van der Waals surface area (Å²) >= 11 is 6.25. The van der Waals surface area contributed by atoms with Crippen LogP contribution in [0.5, 0.6) is 0 Å². The molecule has 1 aliphatic heterocycles. The maximum atomic E-state index is 12.6. The van der Waals surface area contributed by atoms with E-state index in [2.05, 4.69) is 0 Å². The Hall–Kier alpha value is -2.13. The summed E-state index contributed by atoms with van der Waals surface area (Å²) in [6.07, 6.45) is 0.188. The molecular weight excluding hydrogens is 286 g/mol. The second-order valence-corrected chi connectivity index (χ2v) is 5.52. The van der Waals surface area contributed by atoms with Crippen molar-refractivity contribution in [3.8, 4) is 0 Å². The highest BCUT2D eigenvalue weighted by Crippen LogP contribution is 2.37. The number of hydrogen-bond acceptors (Lipinski definition) is 2. The molecule has 1 saturated heterocycles. The number of carbonyl (C=O) groups is 2. The monoisotopic (exact) mass is 299 g/mol. The van der Waals surface area contributed by atoms with Gasteiger partial charge in [-0.3, -0.25) is 9.59 Å². The van der Waals surface area contributed by atoms with Crippen LogP contribution in [0, 0.1) is 6.92 Å². The minimum Gasteiger partial charge on any atom is -0.274 e. The zero-order chi connectivity index (χ0) is 15.0. The van der Waals surface area contributed by atoms with Crippen LogP contribution in [0.2, 0.25) is 5.02 Å². The summed E-state index contributed by atoms with van der Waals surface area (Å²) < 4.78 is 0. The minimum atomic E-state index is -0.421. The number of halogens is 1. The van der Waals surface area contributed by atoms with E-state index in [1.54, 1.807) is 12.1 Å². The molecule has 3 nitrogen and oxygen atoms in total. The fraction of sp³-hybridized carbons (Fsp3) is 0.176. The van der Waals surface area contributed by atoms with Gasteiger partial charge < -0.3 is 0 Å². The van der Waals surface area contributed by atoms with Crippen molar-refractivity contribution in [2.75, 3.05) is 4.90 Å². The molecular formula is C17H14ClNO2. The highest BCUT2D eigenvalue weighted by atomic mass is 35.5. The summed E-state index contributed by atoms with van der Waals surface area (Å²) in [7, 11) is 0. The van der Waals surface area contributed by atoms with Gasteiger partial charge in [0.2, 0.25) is 11.8 Å². The van der Waals surface area contributed by atoms with Crippen LogP contribution in [0.1, 0.15) is 23.5 Å². The van der Waals surface area contributed by atoms with Gasteiger partial charge in [0, 0.05) is 6.42 Å². The summed E-state index contributed by atoms with van der Waals surface area (Å²) in [5.41, 5.74) is 2.19. The number of amides is 2. The maximum absolute atomic E-state index is 12.6. The molecule has 2 aromatic carbocycles. The fourth-order valence-corrected chi connectivity index (χ4v) is 2.85. The molecule has 0 spiro atoms. The smallest absolute Gasteiger partial charge is 0.241 e. The minimum absolute atomic E-state index is 0.188. The second kappa shape index (κ2) is 5.34. The lowest BCUT2D eigenvalue weighted by molar-refractivity contribution is -0.121. The Labute approximate surface area is 128 Å². The number of rotatable bonds is 2. The van der Waals surface area contributed by atoms with Crippen molar-refractivity contribution in [1.82, 2.24) is 0 Å². The Morgan fingerprint density at radius 3 is 2.48 bits per heavy atom. The summed E-state index contributed by atoms with van der Waals surface area (Å²) in [5.74, 6) is -0.838. The Bertz CT molecular complexity index is 712. The van der Waals surface area contributed by atoms with E-state index < -0.39 is 5.92 Å². The van der Waals surface area contributed by atoms with Crippen LogP contribution < -0.4 is 4.90 Å². The Morgan fingerprint density at radius 1 is 1.05 bits per heavy atom. The van der Waals surface area contributed by atoms with Crippen LogP contribution in [0.4, 0.5) is 5.69 Å². The van der Waals surface area contributed by atoms with Gasteiger partial charge in [0.25, 0.3) is 0 Å². The first-order chi connectivity index (χ1) is 10.1. The van der Waals surface area contributed by atoms with Crippen LogP contribution in [0.15, 0.2) is 48.5 Å². The number of benzene rings is 2. The first-order valence-corrected chi connectivity index (χ1v) is 7.14. The standard InChI is InChI=1S/C17H14ClNO2/c1-11-6-5-9-14(16(11)18)19-15(20)10-13(17(19)21)12-7-3-2-4-8-12/h2-9,13H,10H2,1H3. The Balaban J connectivity index is 2.00. The number of imide groups is 1. The molecule has 3 rings (SSSR count). The van der Waals surface area contributed by atoms with Crippen molar-refractivity contribution >= 4 is 29.1 Å². The van der Waals surface area contributed by atoms with Crippen LogP contribution in [-0.4, -0.2) is 11.8 Å². The van der Waals surface area contributed by atoms with Crippen LogP contribution in [0.25, 0.3) is 0 Å². The number of nitrogens with zero attached hydrogens (tertiary/aromatic N) is 1. The zero-order valence-corrected chi connectivity index (χ0v) is 12.3. The van der Waals surface area contributed by atoms with E-state index in [0.717, 1.165) is 11.1 Å². The van der Waals surface area contributed by atoms with E-state index in [4.69, 9.17) is 11.6 Å². The molecule has 1 heterocycles. The van der Waals surface area contributed by atoms with E-state index in [-0.39, 0.29) is 18.2 Å².